The summed E-state index contributed by atoms with van der Waals surface area (Å²) in [7, 11) is 3.68. The summed E-state index contributed by atoms with van der Waals surface area (Å²) in [6.07, 6.45) is 1.33. The summed E-state index contributed by atoms with van der Waals surface area (Å²) in [6, 6.07) is 6.25. The monoisotopic (exact) mass is 313 g/mol. The van der Waals surface area contributed by atoms with E-state index in [1.165, 1.54) is 0 Å². The minimum absolute atomic E-state index is 0.162. The fourth-order valence-corrected chi connectivity index (χ4v) is 2.97. The predicted molar refractivity (Wildman–Crippen MR) is 76.0 cm³/mol. The Morgan fingerprint density at radius 1 is 1.50 bits per heavy atom. The van der Waals surface area contributed by atoms with Crippen molar-refractivity contribution < 1.29 is 9.47 Å². The first-order valence-corrected chi connectivity index (χ1v) is 7.09. The molecule has 0 aliphatic carbocycles. The van der Waals surface area contributed by atoms with Gasteiger partial charge in [-0.15, -0.1) is 0 Å². The molecule has 1 aromatic carbocycles. The van der Waals surface area contributed by atoms with Crippen molar-refractivity contribution in [3.05, 3.63) is 28.2 Å². The Morgan fingerprint density at radius 3 is 2.83 bits per heavy atom. The molecule has 1 N–H and O–H groups in total. The van der Waals surface area contributed by atoms with Crippen molar-refractivity contribution >= 4 is 15.9 Å². The van der Waals surface area contributed by atoms with Crippen molar-refractivity contribution in [1.82, 2.24) is 5.32 Å². The summed E-state index contributed by atoms with van der Waals surface area (Å²) in [6.45, 7) is 3.09. The number of likely N-dealkylation sites (N-methyl/N-ethyl adjacent to an activating group) is 1. The first-order chi connectivity index (χ1) is 8.67. The maximum atomic E-state index is 5.88. The van der Waals surface area contributed by atoms with Gasteiger partial charge in [-0.25, -0.2) is 0 Å². The SMILES string of the molecule is CNC(c1cc(Br)ccc1OC)C1OCCC1C. The van der Waals surface area contributed by atoms with Crippen LogP contribution in [-0.2, 0) is 4.74 Å². The van der Waals surface area contributed by atoms with Gasteiger partial charge < -0.3 is 14.8 Å². The molecular formula is C14H20BrNO2. The second kappa shape index (κ2) is 6.04. The first kappa shape index (κ1) is 13.8. The van der Waals surface area contributed by atoms with Crippen LogP contribution in [0.15, 0.2) is 22.7 Å². The molecule has 3 atom stereocenters. The fourth-order valence-electron chi connectivity index (χ4n) is 2.59. The predicted octanol–water partition coefficient (Wildman–Crippen LogP) is 3.14. The van der Waals surface area contributed by atoms with Crippen LogP contribution >= 0.6 is 15.9 Å². The third-order valence-corrected chi connectivity index (χ3v) is 4.10. The molecule has 0 aromatic heterocycles. The van der Waals surface area contributed by atoms with E-state index in [1.807, 2.05) is 19.2 Å². The molecule has 100 valence electrons. The highest BCUT2D eigenvalue weighted by atomic mass is 79.9. The van der Waals surface area contributed by atoms with Crippen LogP contribution in [0.4, 0.5) is 0 Å². The number of hydrogen-bond donors (Lipinski definition) is 1. The third kappa shape index (κ3) is 2.71. The van der Waals surface area contributed by atoms with E-state index in [9.17, 15) is 0 Å². The molecule has 3 nitrogen and oxygen atoms in total. The number of halogens is 1. The molecule has 18 heavy (non-hydrogen) atoms. The van der Waals surface area contributed by atoms with Gasteiger partial charge in [0.2, 0.25) is 0 Å². The van der Waals surface area contributed by atoms with E-state index in [0.29, 0.717) is 5.92 Å². The molecule has 1 aromatic rings. The molecule has 1 heterocycles. The molecule has 1 saturated heterocycles. The molecule has 4 heteroatoms. The highest BCUT2D eigenvalue weighted by Gasteiger charge is 2.33. The second-order valence-electron chi connectivity index (χ2n) is 4.75. The normalized spacial score (nSPS) is 25.1. The molecule has 0 spiro atoms. The maximum absolute atomic E-state index is 5.88. The molecule has 0 amide bonds. The van der Waals surface area contributed by atoms with Gasteiger partial charge in [-0.3, -0.25) is 0 Å². The van der Waals surface area contributed by atoms with Crippen LogP contribution < -0.4 is 10.1 Å². The minimum Gasteiger partial charge on any atom is -0.496 e. The third-order valence-electron chi connectivity index (χ3n) is 3.61. The van der Waals surface area contributed by atoms with Crippen molar-refractivity contribution in [1.29, 1.82) is 0 Å². The Hall–Kier alpha value is -0.580. The Morgan fingerprint density at radius 2 is 2.28 bits per heavy atom. The van der Waals surface area contributed by atoms with Crippen molar-refractivity contribution in [2.75, 3.05) is 20.8 Å². The fraction of sp³-hybridized carbons (Fsp3) is 0.571. The van der Waals surface area contributed by atoms with E-state index in [0.717, 1.165) is 28.8 Å². The second-order valence-corrected chi connectivity index (χ2v) is 5.67. The van der Waals surface area contributed by atoms with Crippen LogP contribution in [0.5, 0.6) is 5.75 Å². The molecule has 0 bridgehead atoms. The van der Waals surface area contributed by atoms with Crippen LogP contribution in [0.1, 0.15) is 24.9 Å². The van der Waals surface area contributed by atoms with Gasteiger partial charge in [0, 0.05) is 16.6 Å². The summed E-state index contributed by atoms with van der Waals surface area (Å²) in [4.78, 5) is 0. The largest absolute Gasteiger partial charge is 0.496 e. The van der Waals surface area contributed by atoms with E-state index in [-0.39, 0.29) is 12.1 Å². The smallest absolute Gasteiger partial charge is 0.123 e. The molecule has 1 fully saturated rings. The lowest BCUT2D eigenvalue weighted by molar-refractivity contribution is 0.0623. The molecular weight excluding hydrogens is 294 g/mol. The average Bonchev–Trinajstić information content (AvgIpc) is 2.77. The Kier molecular flexibility index (Phi) is 4.65. The number of hydrogen-bond acceptors (Lipinski definition) is 3. The van der Waals surface area contributed by atoms with Crippen molar-refractivity contribution in [2.24, 2.45) is 5.92 Å². The van der Waals surface area contributed by atoms with Crippen LogP contribution in [-0.4, -0.2) is 26.9 Å². The average molecular weight is 314 g/mol. The zero-order valence-electron chi connectivity index (χ0n) is 11.1. The van der Waals surface area contributed by atoms with Crippen molar-refractivity contribution in [3.8, 4) is 5.75 Å². The first-order valence-electron chi connectivity index (χ1n) is 6.29. The lowest BCUT2D eigenvalue weighted by Crippen LogP contribution is -2.32. The molecule has 2 rings (SSSR count). The standard InChI is InChI=1S/C14H20BrNO2/c1-9-6-7-18-14(9)13(16-2)11-8-10(15)4-5-12(11)17-3/h4-5,8-9,13-14,16H,6-7H2,1-3H3. The van der Waals surface area contributed by atoms with Gasteiger partial charge >= 0.3 is 0 Å². The number of rotatable bonds is 4. The molecule has 1 aliphatic rings. The number of nitrogens with one attached hydrogen (secondary N) is 1. The summed E-state index contributed by atoms with van der Waals surface area (Å²) in [5.74, 6) is 1.46. The number of methoxy groups -OCH3 is 1. The Labute approximate surface area is 117 Å². The lowest BCUT2D eigenvalue weighted by atomic mass is 9.92. The van der Waals surface area contributed by atoms with Gasteiger partial charge in [-0.2, -0.15) is 0 Å². The highest BCUT2D eigenvalue weighted by molar-refractivity contribution is 9.10. The van der Waals surface area contributed by atoms with Gasteiger partial charge in [-0.1, -0.05) is 22.9 Å². The maximum Gasteiger partial charge on any atom is 0.123 e. The van der Waals surface area contributed by atoms with Gasteiger partial charge in [0.15, 0.2) is 0 Å². The zero-order valence-corrected chi connectivity index (χ0v) is 12.7. The van der Waals surface area contributed by atoms with Crippen molar-refractivity contribution in [2.45, 2.75) is 25.5 Å². The van der Waals surface area contributed by atoms with Gasteiger partial charge in [-0.05, 0) is 37.6 Å². The van der Waals surface area contributed by atoms with E-state index < -0.39 is 0 Å². The molecule has 0 saturated carbocycles. The quantitative estimate of drug-likeness (QED) is 0.926. The number of benzene rings is 1. The Bertz CT molecular complexity index is 411. The summed E-state index contributed by atoms with van der Waals surface area (Å²) >= 11 is 3.52. The molecule has 1 aliphatic heterocycles. The van der Waals surface area contributed by atoms with Gasteiger partial charge in [0.05, 0.1) is 19.3 Å². The topological polar surface area (TPSA) is 30.5 Å². The van der Waals surface area contributed by atoms with Crippen molar-refractivity contribution in [3.63, 3.8) is 0 Å². The highest BCUT2D eigenvalue weighted by Crippen LogP contribution is 2.36. The van der Waals surface area contributed by atoms with Crippen LogP contribution in [0.25, 0.3) is 0 Å². The number of ether oxygens (including phenoxy) is 2. The van der Waals surface area contributed by atoms with Crippen LogP contribution in [0.2, 0.25) is 0 Å². The van der Waals surface area contributed by atoms with E-state index in [4.69, 9.17) is 9.47 Å². The summed E-state index contributed by atoms with van der Waals surface area (Å²) in [5, 5.41) is 3.37. The summed E-state index contributed by atoms with van der Waals surface area (Å²) in [5.41, 5.74) is 1.15. The minimum atomic E-state index is 0.162. The van der Waals surface area contributed by atoms with Gasteiger partial charge in [0.25, 0.3) is 0 Å². The Balaban J connectivity index is 2.34. The van der Waals surface area contributed by atoms with Gasteiger partial charge in [0.1, 0.15) is 5.75 Å². The van der Waals surface area contributed by atoms with E-state index >= 15 is 0 Å². The molecule has 3 unspecified atom stereocenters. The summed E-state index contributed by atoms with van der Waals surface area (Å²) < 4.78 is 12.4. The van der Waals surface area contributed by atoms with E-state index in [2.05, 4.69) is 34.2 Å². The van der Waals surface area contributed by atoms with Crippen LogP contribution in [0.3, 0.4) is 0 Å². The molecule has 0 radical (unpaired) electrons. The lowest BCUT2D eigenvalue weighted by Gasteiger charge is -2.27. The van der Waals surface area contributed by atoms with E-state index in [1.54, 1.807) is 7.11 Å². The van der Waals surface area contributed by atoms with Crippen LogP contribution in [0, 0.1) is 5.92 Å². The zero-order chi connectivity index (χ0) is 13.1.